The van der Waals surface area contributed by atoms with Crippen LogP contribution in [0, 0.1) is 17.8 Å². The summed E-state index contributed by atoms with van der Waals surface area (Å²) in [4.78, 5) is 16.8. The highest BCUT2D eigenvalue weighted by molar-refractivity contribution is 5.78. The molecule has 1 aromatic carbocycles. The highest BCUT2D eigenvalue weighted by Crippen LogP contribution is 2.43. The lowest BCUT2D eigenvalue weighted by molar-refractivity contribution is -0.133. The molecule has 1 aliphatic heterocycles. The van der Waals surface area contributed by atoms with Gasteiger partial charge in [0.2, 0.25) is 12.7 Å². The Morgan fingerprint density at radius 3 is 2.72 bits per heavy atom. The quantitative estimate of drug-likeness (QED) is 0.745. The van der Waals surface area contributed by atoms with Crippen LogP contribution in [0.2, 0.25) is 0 Å². The second-order valence-corrected chi connectivity index (χ2v) is 7.74. The lowest BCUT2D eigenvalue weighted by Gasteiger charge is -2.30. The summed E-state index contributed by atoms with van der Waals surface area (Å²) in [5, 5.41) is 0. The number of carbonyl (C=O) groups is 1. The van der Waals surface area contributed by atoms with Gasteiger partial charge in [-0.05, 0) is 62.4 Å². The molecule has 3 aliphatic rings. The van der Waals surface area contributed by atoms with Crippen LogP contribution in [0.1, 0.15) is 18.4 Å². The molecule has 1 saturated carbocycles. The second kappa shape index (κ2) is 6.71. The van der Waals surface area contributed by atoms with Crippen molar-refractivity contribution in [3.63, 3.8) is 0 Å². The van der Waals surface area contributed by atoms with Gasteiger partial charge >= 0.3 is 0 Å². The van der Waals surface area contributed by atoms with Crippen LogP contribution in [0.15, 0.2) is 30.4 Å². The van der Waals surface area contributed by atoms with Crippen molar-refractivity contribution < 1.29 is 14.3 Å². The molecule has 0 saturated heterocycles. The Balaban J connectivity index is 1.48. The van der Waals surface area contributed by atoms with E-state index in [1.807, 2.05) is 42.1 Å². The highest BCUT2D eigenvalue weighted by atomic mass is 16.7. The maximum absolute atomic E-state index is 12.8. The third-order valence-corrected chi connectivity index (χ3v) is 5.49. The number of rotatable bonds is 6. The number of carbonyl (C=O) groups excluding carboxylic acids is 1. The van der Waals surface area contributed by atoms with Crippen molar-refractivity contribution in [2.24, 2.45) is 17.8 Å². The summed E-state index contributed by atoms with van der Waals surface area (Å²) in [7, 11) is 3.88. The number of allylic oxidation sites excluding steroid dienone is 2. The molecule has 1 aromatic rings. The normalized spacial score (nSPS) is 25.8. The first-order valence-corrected chi connectivity index (χ1v) is 9.08. The topological polar surface area (TPSA) is 42.0 Å². The first-order chi connectivity index (χ1) is 12.1. The Kier molecular flexibility index (Phi) is 4.42. The molecule has 0 unspecified atom stereocenters. The van der Waals surface area contributed by atoms with Gasteiger partial charge < -0.3 is 19.3 Å². The van der Waals surface area contributed by atoms with Crippen LogP contribution in [0.25, 0.3) is 0 Å². The molecule has 5 nitrogen and oxygen atoms in total. The van der Waals surface area contributed by atoms with Crippen molar-refractivity contribution >= 4 is 5.91 Å². The Bertz CT molecular complexity index is 686. The number of nitrogens with zero attached hydrogens (tertiary/aromatic N) is 2. The smallest absolute Gasteiger partial charge is 0.237 e. The molecule has 1 amide bonds. The fourth-order valence-corrected chi connectivity index (χ4v) is 4.27. The van der Waals surface area contributed by atoms with E-state index >= 15 is 0 Å². The largest absolute Gasteiger partial charge is 0.454 e. The fraction of sp³-hybridized carbons (Fsp3) is 0.550. The first-order valence-electron chi connectivity index (χ1n) is 9.08. The molecular formula is C20H26N2O3. The van der Waals surface area contributed by atoms with Crippen molar-refractivity contribution in [1.82, 2.24) is 9.80 Å². The standard InChI is InChI=1S/C20H26N2O3/c1-21(2)12-20(23)22(11-17-8-14-3-5-16(17)7-14)10-15-4-6-18-19(9-15)25-13-24-18/h3-6,9,14,16-17H,7-8,10-13H2,1-2H3/t14-,16-,17-/m0/s1. The molecule has 1 heterocycles. The number of fused-ring (bicyclic) bond motifs is 3. The van der Waals surface area contributed by atoms with Crippen LogP contribution in [0.5, 0.6) is 11.5 Å². The van der Waals surface area contributed by atoms with Gasteiger partial charge in [0.1, 0.15) is 0 Å². The van der Waals surface area contributed by atoms with Gasteiger partial charge in [-0.1, -0.05) is 18.2 Å². The van der Waals surface area contributed by atoms with E-state index in [2.05, 4.69) is 12.2 Å². The molecule has 2 aliphatic carbocycles. The van der Waals surface area contributed by atoms with Crippen LogP contribution in [-0.4, -0.2) is 49.7 Å². The van der Waals surface area contributed by atoms with E-state index in [1.165, 1.54) is 12.8 Å². The molecular weight excluding hydrogens is 316 g/mol. The van der Waals surface area contributed by atoms with E-state index < -0.39 is 0 Å². The summed E-state index contributed by atoms with van der Waals surface area (Å²) in [5.41, 5.74) is 1.09. The maximum atomic E-state index is 12.8. The van der Waals surface area contributed by atoms with E-state index in [-0.39, 0.29) is 12.7 Å². The fourth-order valence-electron chi connectivity index (χ4n) is 4.27. The summed E-state index contributed by atoms with van der Waals surface area (Å²) < 4.78 is 10.9. The molecule has 0 spiro atoms. The zero-order valence-corrected chi connectivity index (χ0v) is 15.0. The first kappa shape index (κ1) is 16.5. The number of hydrogen-bond donors (Lipinski definition) is 0. The summed E-state index contributed by atoms with van der Waals surface area (Å²) in [6, 6.07) is 5.97. The van der Waals surface area contributed by atoms with Crippen molar-refractivity contribution in [1.29, 1.82) is 0 Å². The van der Waals surface area contributed by atoms with Gasteiger partial charge in [-0.15, -0.1) is 0 Å². The summed E-state index contributed by atoms with van der Waals surface area (Å²) in [6.45, 7) is 2.19. The molecule has 134 valence electrons. The van der Waals surface area contributed by atoms with Gasteiger partial charge in [0, 0.05) is 13.1 Å². The molecule has 25 heavy (non-hydrogen) atoms. The Labute approximate surface area is 149 Å². The lowest BCUT2D eigenvalue weighted by Crippen LogP contribution is -2.40. The van der Waals surface area contributed by atoms with E-state index in [9.17, 15) is 4.79 Å². The average molecular weight is 342 g/mol. The number of amides is 1. The van der Waals surface area contributed by atoms with Crippen molar-refractivity contribution in [2.75, 3.05) is 34.0 Å². The molecule has 2 bridgehead atoms. The molecule has 3 atom stereocenters. The van der Waals surface area contributed by atoms with E-state index in [0.717, 1.165) is 29.5 Å². The summed E-state index contributed by atoms with van der Waals surface area (Å²) in [6.07, 6.45) is 7.19. The Hall–Kier alpha value is -2.01. The van der Waals surface area contributed by atoms with Crippen molar-refractivity contribution in [3.05, 3.63) is 35.9 Å². The highest BCUT2D eigenvalue weighted by Gasteiger charge is 2.37. The van der Waals surface area contributed by atoms with Crippen molar-refractivity contribution in [3.8, 4) is 11.5 Å². The van der Waals surface area contributed by atoms with Crippen LogP contribution in [0.3, 0.4) is 0 Å². The SMILES string of the molecule is CN(C)CC(=O)N(Cc1ccc2c(c1)OCO2)C[C@@H]1C[C@H]2C=C[C@H]1C2. The van der Waals surface area contributed by atoms with Gasteiger partial charge in [-0.3, -0.25) is 4.79 Å². The third-order valence-electron chi connectivity index (χ3n) is 5.49. The van der Waals surface area contributed by atoms with Crippen LogP contribution < -0.4 is 9.47 Å². The lowest BCUT2D eigenvalue weighted by atomic mass is 9.93. The van der Waals surface area contributed by atoms with E-state index in [0.29, 0.717) is 24.9 Å². The molecule has 0 radical (unpaired) electrons. The maximum Gasteiger partial charge on any atom is 0.237 e. The van der Waals surface area contributed by atoms with Crippen molar-refractivity contribution in [2.45, 2.75) is 19.4 Å². The molecule has 4 rings (SSSR count). The zero-order chi connectivity index (χ0) is 17.4. The van der Waals surface area contributed by atoms with Crippen LogP contribution >= 0.6 is 0 Å². The van der Waals surface area contributed by atoms with Gasteiger partial charge in [-0.25, -0.2) is 0 Å². The van der Waals surface area contributed by atoms with E-state index in [4.69, 9.17) is 9.47 Å². The number of hydrogen-bond acceptors (Lipinski definition) is 4. The van der Waals surface area contributed by atoms with Gasteiger partial charge in [-0.2, -0.15) is 0 Å². The third kappa shape index (κ3) is 3.52. The molecule has 0 aromatic heterocycles. The zero-order valence-electron chi connectivity index (χ0n) is 15.0. The van der Waals surface area contributed by atoms with Crippen LogP contribution in [-0.2, 0) is 11.3 Å². The monoisotopic (exact) mass is 342 g/mol. The average Bonchev–Trinajstić information content (AvgIpc) is 3.29. The summed E-state index contributed by atoms with van der Waals surface area (Å²) >= 11 is 0. The minimum Gasteiger partial charge on any atom is -0.454 e. The minimum atomic E-state index is 0.189. The predicted octanol–water partition coefficient (Wildman–Crippen LogP) is 2.52. The molecule has 5 heteroatoms. The minimum absolute atomic E-state index is 0.189. The molecule has 0 N–H and O–H groups in total. The number of likely N-dealkylation sites (N-methyl/N-ethyl adjacent to an activating group) is 1. The van der Waals surface area contributed by atoms with Gasteiger partial charge in [0.15, 0.2) is 11.5 Å². The molecule has 1 fully saturated rings. The van der Waals surface area contributed by atoms with E-state index in [1.54, 1.807) is 0 Å². The summed E-state index contributed by atoms with van der Waals surface area (Å²) in [5.74, 6) is 3.72. The Morgan fingerprint density at radius 2 is 2.00 bits per heavy atom. The predicted molar refractivity (Wildman–Crippen MR) is 95.4 cm³/mol. The Morgan fingerprint density at radius 1 is 1.16 bits per heavy atom. The van der Waals surface area contributed by atoms with Gasteiger partial charge in [0.05, 0.1) is 6.54 Å². The van der Waals surface area contributed by atoms with Gasteiger partial charge in [0.25, 0.3) is 0 Å². The van der Waals surface area contributed by atoms with Crippen LogP contribution in [0.4, 0.5) is 0 Å². The second-order valence-electron chi connectivity index (χ2n) is 7.74. The number of ether oxygens (including phenoxy) is 2. The number of benzene rings is 1.